The van der Waals surface area contributed by atoms with Gasteiger partial charge >= 0.3 is 5.69 Å². The molecule has 0 spiro atoms. The molecule has 0 fully saturated rings. The molecule has 7 nitrogen and oxygen atoms in total. The lowest BCUT2D eigenvalue weighted by Crippen LogP contribution is -2.31. The number of hydrogen-bond acceptors (Lipinski definition) is 5. The lowest BCUT2D eigenvalue weighted by atomic mass is 10.2. The van der Waals surface area contributed by atoms with Gasteiger partial charge < -0.3 is 10.2 Å². The monoisotopic (exact) mass is 278 g/mol. The van der Waals surface area contributed by atoms with Gasteiger partial charge in [-0.15, -0.1) is 0 Å². The van der Waals surface area contributed by atoms with Crippen molar-refractivity contribution in [2.24, 2.45) is 5.92 Å². The van der Waals surface area contributed by atoms with Gasteiger partial charge in [0.15, 0.2) is 5.65 Å². The highest BCUT2D eigenvalue weighted by Crippen LogP contribution is 2.11. The van der Waals surface area contributed by atoms with Crippen LogP contribution in [0.5, 0.6) is 0 Å². The second-order valence-corrected chi connectivity index (χ2v) is 5.40. The van der Waals surface area contributed by atoms with E-state index in [0.717, 1.165) is 25.5 Å². The average molecular weight is 278 g/mol. The SMILES string of the molecule is Cc1nc(N(C)CCNCC(C)C)cc2n[nH]c(=O)n12. The highest BCUT2D eigenvalue weighted by Gasteiger charge is 2.09. The first-order valence-corrected chi connectivity index (χ1v) is 6.85. The predicted molar refractivity (Wildman–Crippen MR) is 79.3 cm³/mol. The van der Waals surface area contributed by atoms with Crippen LogP contribution in [0.15, 0.2) is 10.9 Å². The molecule has 0 radical (unpaired) electrons. The molecule has 0 saturated heterocycles. The molecule has 0 unspecified atom stereocenters. The van der Waals surface area contributed by atoms with E-state index in [4.69, 9.17) is 0 Å². The van der Waals surface area contributed by atoms with Gasteiger partial charge in [-0.1, -0.05) is 13.8 Å². The van der Waals surface area contributed by atoms with E-state index in [1.165, 1.54) is 4.40 Å². The highest BCUT2D eigenvalue weighted by atomic mass is 16.1. The van der Waals surface area contributed by atoms with E-state index in [1.807, 2.05) is 13.1 Å². The molecular weight excluding hydrogens is 256 g/mol. The number of aryl methyl sites for hydroxylation is 1. The Hall–Kier alpha value is -1.89. The maximum absolute atomic E-state index is 11.5. The Labute approximate surface area is 118 Å². The molecule has 7 heteroatoms. The molecule has 0 atom stereocenters. The summed E-state index contributed by atoms with van der Waals surface area (Å²) in [5, 5.41) is 9.81. The Balaban J connectivity index is 2.06. The number of anilines is 1. The zero-order valence-corrected chi connectivity index (χ0v) is 12.5. The Morgan fingerprint density at radius 3 is 2.95 bits per heavy atom. The zero-order chi connectivity index (χ0) is 14.7. The van der Waals surface area contributed by atoms with Gasteiger partial charge in [0.2, 0.25) is 0 Å². The molecule has 20 heavy (non-hydrogen) atoms. The fourth-order valence-electron chi connectivity index (χ4n) is 2.03. The van der Waals surface area contributed by atoms with Crippen molar-refractivity contribution in [1.82, 2.24) is 24.9 Å². The van der Waals surface area contributed by atoms with Crippen molar-refractivity contribution in [3.8, 4) is 0 Å². The molecule has 0 amide bonds. The first-order valence-electron chi connectivity index (χ1n) is 6.85. The van der Waals surface area contributed by atoms with Gasteiger partial charge in [-0.3, -0.25) is 0 Å². The zero-order valence-electron chi connectivity index (χ0n) is 12.5. The quantitative estimate of drug-likeness (QED) is 0.748. The van der Waals surface area contributed by atoms with Crippen LogP contribution in [-0.4, -0.2) is 46.3 Å². The van der Waals surface area contributed by atoms with Crippen molar-refractivity contribution in [2.45, 2.75) is 20.8 Å². The van der Waals surface area contributed by atoms with Crippen LogP contribution in [-0.2, 0) is 0 Å². The summed E-state index contributed by atoms with van der Waals surface area (Å²) in [6.07, 6.45) is 0. The molecule has 0 aliphatic carbocycles. The number of aromatic amines is 1. The van der Waals surface area contributed by atoms with Gasteiger partial charge in [-0.25, -0.2) is 19.3 Å². The van der Waals surface area contributed by atoms with E-state index in [0.29, 0.717) is 17.4 Å². The van der Waals surface area contributed by atoms with Crippen LogP contribution in [0.2, 0.25) is 0 Å². The minimum atomic E-state index is -0.252. The van der Waals surface area contributed by atoms with Gasteiger partial charge in [0.25, 0.3) is 0 Å². The molecule has 0 aliphatic rings. The molecule has 2 aromatic heterocycles. The molecule has 0 aromatic carbocycles. The van der Waals surface area contributed by atoms with Gasteiger partial charge in [-0.2, -0.15) is 5.10 Å². The van der Waals surface area contributed by atoms with E-state index in [2.05, 4.69) is 39.2 Å². The van der Waals surface area contributed by atoms with E-state index in [1.54, 1.807) is 6.92 Å². The van der Waals surface area contributed by atoms with Gasteiger partial charge in [0, 0.05) is 26.2 Å². The molecule has 2 N–H and O–H groups in total. The normalized spacial score (nSPS) is 11.4. The summed E-state index contributed by atoms with van der Waals surface area (Å²) >= 11 is 0. The number of nitrogens with one attached hydrogen (secondary N) is 2. The van der Waals surface area contributed by atoms with Crippen molar-refractivity contribution >= 4 is 11.5 Å². The van der Waals surface area contributed by atoms with Crippen molar-refractivity contribution in [1.29, 1.82) is 0 Å². The maximum atomic E-state index is 11.5. The summed E-state index contributed by atoms with van der Waals surface area (Å²) in [6.45, 7) is 8.93. The molecule has 2 heterocycles. The van der Waals surface area contributed by atoms with Crippen molar-refractivity contribution in [3.05, 3.63) is 22.4 Å². The summed E-state index contributed by atoms with van der Waals surface area (Å²) < 4.78 is 1.47. The summed E-state index contributed by atoms with van der Waals surface area (Å²) in [6, 6.07) is 1.81. The molecule has 0 saturated carbocycles. The van der Waals surface area contributed by atoms with Crippen LogP contribution in [0.3, 0.4) is 0 Å². The van der Waals surface area contributed by atoms with E-state index >= 15 is 0 Å². The van der Waals surface area contributed by atoms with Crippen LogP contribution in [0.1, 0.15) is 19.7 Å². The Morgan fingerprint density at radius 2 is 2.25 bits per heavy atom. The highest BCUT2D eigenvalue weighted by molar-refractivity contribution is 5.50. The van der Waals surface area contributed by atoms with Crippen LogP contribution in [0.25, 0.3) is 5.65 Å². The van der Waals surface area contributed by atoms with Crippen LogP contribution >= 0.6 is 0 Å². The third-order valence-corrected chi connectivity index (χ3v) is 3.12. The van der Waals surface area contributed by atoms with Gasteiger partial charge in [0.1, 0.15) is 11.6 Å². The molecular formula is C13H22N6O. The second-order valence-electron chi connectivity index (χ2n) is 5.40. The van der Waals surface area contributed by atoms with Crippen LogP contribution < -0.4 is 15.9 Å². The lowest BCUT2D eigenvalue weighted by molar-refractivity contribution is 0.554. The average Bonchev–Trinajstić information content (AvgIpc) is 2.76. The van der Waals surface area contributed by atoms with Gasteiger partial charge in [0.05, 0.1) is 0 Å². The number of likely N-dealkylation sites (N-methyl/N-ethyl adjacent to an activating group) is 1. The minimum absolute atomic E-state index is 0.252. The summed E-state index contributed by atoms with van der Waals surface area (Å²) in [5.41, 5.74) is 0.345. The number of H-pyrrole nitrogens is 1. The summed E-state index contributed by atoms with van der Waals surface area (Å²) in [5.74, 6) is 2.10. The third kappa shape index (κ3) is 3.16. The Kier molecular flexibility index (Phi) is 4.39. The fraction of sp³-hybridized carbons (Fsp3) is 0.615. The van der Waals surface area contributed by atoms with Crippen LogP contribution in [0, 0.1) is 12.8 Å². The number of fused-ring (bicyclic) bond motifs is 1. The van der Waals surface area contributed by atoms with Crippen molar-refractivity contribution in [2.75, 3.05) is 31.6 Å². The van der Waals surface area contributed by atoms with E-state index in [-0.39, 0.29) is 5.69 Å². The molecule has 0 bridgehead atoms. The number of hydrogen-bond donors (Lipinski definition) is 2. The smallest absolute Gasteiger partial charge is 0.349 e. The Bertz CT molecular complexity index is 629. The maximum Gasteiger partial charge on any atom is 0.349 e. The standard InChI is InChI=1S/C13H22N6O/c1-9(2)8-14-5-6-18(4)11-7-12-16-17-13(20)19(12)10(3)15-11/h7,9,14H,5-6,8H2,1-4H3,(H,17,20). The third-order valence-electron chi connectivity index (χ3n) is 3.12. The fourth-order valence-corrected chi connectivity index (χ4v) is 2.03. The lowest BCUT2D eigenvalue weighted by Gasteiger charge is -2.19. The molecule has 0 aliphatic heterocycles. The first-order chi connectivity index (χ1) is 9.49. The topological polar surface area (TPSA) is 78.3 Å². The first kappa shape index (κ1) is 14.5. The summed E-state index contributed by atoms with van der Waals surface area (Å²) in [4.78, 5) is 18.0. The molecule has 2 aromatic rings. The van der Waals surface area contributed by atoms with Gasteiger partial charge in [-0.05, 0) is 19.4 Å². The second kappa shape index (κ2) is 6.04. The largest absolute Gasteiger partial charge is 0.358 e. The van der Waals surface area contributed by atoms with Crippen molar-refractivity contribution in [3.63, 3.8) is 0 Å². The molecule has 2 rings (SSSR count). The Morgan fingerprint density at radius 1 is 1.50 bits per heavy atom. The minimum Gasteiger partial charge on any atom is -0.358 e. The number of rotatable bonds is 6. The number of aromatic nitrogens is 4. The van der Waals surface area contributed by atoms with E-state index in [9.17, 15) is 4.79 Å². The molecule has 110 valence electrons. The summed E-state index contributed by atoms with van der Waals surface area (Å²) in [7, 11) is 1.99. The van der Waals surface area contributed by atoms with Crippen molar-refractivity contribution < 1.29 is 0 Å². The number of nitrogens with zero attached hydrogens (tertiary/aromatic N) is 4. The predicted octanol–water partition coefficient (Wildman–Crippen LogP) is 0.408. The van der Waals surface area contributed by atoms with E-state index < -0.39 is 0 Å². The van der Waals surface area contributed by atoms with Crippen LogP contribution in [0.4, 0.5) is 5.82 Å².